The molecule has 0 spiro atoms. The number of anilines is 1. The molecule has 0 amide bonds. The standard InChI is InChI=1S/C17H18ClNO3/c1-12(17(20)21)11-22-16-7-5-15(6-8-16)19-10-13-3-2-4-14(18)9-13/h2-9,12,19H,10-11H2,1H3,(H,20,21). The maximum Gasteiger partial charge on any atom is 0.309 e. The van der Waals surface area contributed by atoms with Gasteiger partial charge in [0, 0.05) is 17.3 Å². The van der Waals surface area contributed by atoms with Gasteiger partial charge in [-0.15, -0.1) is 0 Å². The fraction of sp³-hybridized carbons (Fsp3) is 0.235. The number of carboxylic acids is 1. The van der Waals surface area contributed by atoms with Gasteiger partial charge in [0.05, 0.1) is 5.92 Å². The first-order chi connectivity index (χ1) is 10.5. The molecule has 22 heavy (non-hydrogen) atoms. The summed E-state index contributed by atoms with van der Waals surface area (Å²) in [4.78, 5) is 10.7. The third-order valence-electron chi connectivity index (χ3n) is 3.16. The lowest BCUT2D eigenvalue weighted by atomic mass is 10.2. The van der Waals surface area contributed by atoms with Gasteiger partial charge in [0.15, 0.2) is 0 Å². The molecule has 2 rings (SSSR count). The van der Waals surface area contributed by atoms with Crippen LogP contribution < -0.4 is 10.1 Å². The summed E-state index contributed by atoms with van der Waals surface area (Å²) in [7, 11) is 0. The molecule has 0 aromatic heterocycles. The van der Waals surface area contributed by atoms with E-state index in [0.717, 1.165) is 16.3 Å². The zero-order valence-electron chi connectivity index (χ0n) is 12.3. The highest BCUT2D eigenvalue weighted by Crippen LogP contribution is 2.18. The molecular formula is C17H18ClNO3. The molecule has 2 aromatic rings. The van der Waals surface area contributed by atoms with Gasteiger partial charge in [0.2, 0.25) is 0 Å². The normalized spacial score (nSPS) is 11.7. The van der Waals surface area contributed by atoms with E-state index >= 15 is 0 Å². The van der Waals surface area contributed by atoms with Gasteiger partial charge in [0.25, 0.3) is 0 Å². The van der Waals surface area contributed by atoms with Crippen molar-refractivity contribution in [3.8, 4) is 5.75 Å². The molecule has 0 aliphatic heterocycles. The molecule has 0 bridgehead atoms. The van der Waals surface area contributed by atoms with Crippen LogP contribution in [0.1, 0.15) is 12.5 Å². The topological polar surface area (TPSA) is 58.6 Å². The summed E-state index contributed by atoms with van der Waals surface area (Å²) < 4.78 is 5.44. The molecule has 0 saturated heterocycles. The molecule has 2 N–H and O–H groups in total. The minimum Gasteiger partial charge on any atom is -0.493 e. The lowest BCUT2D eigenvalue weighted by molar-refractivity contribution is -0.142. The van der Waals surface area contributed by atoms with Crippen LogP contribution >= 0.6 is 11.6 Å². The third-order valence-corrected chi connectivity index (χ3v) is 3.40. The highest BCUT2D eigenvalue weighted by atomic mass is 35.5. The SMILES string of the molecule is CC(COc1ccc(NCc2cccc(Cl)c2)cc1)C(=O)O. The second kappa shape index (κ2) is 7.71. The molecule has 0 saturated carbocycles. The van der Waals surface area contributed by atoms with Crippen LogP contribution in [0.15, 0.2) is 48.5 Å². The number of hydrogen-bond donors (Lipinski definition) is 2. The average molecular weight is 320 g/mol. The molecule has 1 atom stereocenters. The van der Waals surface area contributed by atoms with Crippen LogP contribution in [-0.4, -0.2) is 17.7 Å². The van der Waals surface area contributed by atoms with Crippen molar-refractivity contribution >= 4 is 23.3 Å². The summed E-state index contributed by atoms with van der Waals surface area (Å²) in [5.41, 5.74) is 2.06. The van der Waals surface area contributed by atoms with E-state index in [1.807, 2.05) is 48.5 Å². The molecular weight excluding hydrogens is 302 g/mol. The quantitative estimate of drug-likeness (QED) is 0.808. The first-order valence-corrected chi connectivity index (χ1v) is 7.36. The molecule has 0 aliphatic carbocycles. The lowest BCUT2D eigenvalue weighted by Gasteiger charge is -2.11. The lowest BCUT2D eigenvalue weighted by Crippen LogP contribution is -2.17. The van der Waals surface area contributed by atoms with Crippen molar-refractivity contribution in [2.45, 2.75) is 13.5 Å². The van der Waals surface area contributed by atoms with Gasteiger partial charge in [-0.25, -0.2) is 0 Å². The molecule has 0 aliphatic rings. The predicted octanol–water partition coefficient (Wildman–Crippen LogP) is 4.05. The summed E-state index contributed by atoms with van der Waals surface area (Å²) in [6, 6.07) is 15.1. The van der Waals surface area contributed by atoms with Gasteiger partial charge < -0.3 is 15.2 Å². The number of hydrogen-bond acceptors (Lipinski definition) is 3. The number of carbonyl (C=O) groups is 1. The van der Waals surface area contributed by atoms with Gasteiger partial charge in [-0.1, -0.05) is 23.7 Å². The fourth-order valence-corrected chi connectivity index (χ4v) is 2.03. The van der Waals surface area contributed by atoms with Crippen molar-refractivity contribution in [2.75, 3.05) is 11.9 Å². The summed E-state index contributed by atoms with van der Waals surface area (Å²) in [5.74, 6) is -0.734. The maximum atomic E-state index is 10.7. The maximum absolute atomic E-state index is 10.7. The van der Waals surface area contributed by atoms with Crippen molar-refractivity contribution in [1.29, 1.82) is 0 Å². The minimum absolute atomic E-state index is 0.157. The Hall–Kier alpha value is -2.20. The Balaban J connectivity index is 1.85. The van der Waals surface area contributed by atoms with Gasteiger partial charge in [-0.3, -0.25) is 4.79 Å². The number of ether oxygens (including phenoxy) is 1. The summed E-state index contributed by atoms with van der Waals surface area (Å²) in [5, 5.41) is 12.8. The Morgan fingerprint density at radius 2 is 2.00 bits per heavy atom. The first-order valence-electron chi connectivity index (χ1n) is 6.98. The molecule has 2 aromatic carbocycles. The summed E-state index contributed by atoms with van der Waals surface area (Å²) >= 11 is 5.94. The van der Waals surface area contributed by atoms with Gasteiger partial charge in [0.1, 0.15) is 12.4 Å². The summed E-state index contributed by atoms with van der Waals surface area (Å²) in [6.07, 6.45) is 0. The molecule has 0 radical (unpaired) electrons. The van der Waals surface area contributed by atoms with Crippen LogP contribution in [0.25, 0.3) is 0 Å². The van der Waals surface area contributed by atoms with Gasteiger partial charge in [-0.05, 0) is 48.9 Å². The highest BCUT2D eigenvalue weighted by molar-refractivity contribution is 6.30. The van der Waals surface area contributed by atoms with E-state index in [9.17, 15) is 4.79 Å². The zero-order chi connectivity index (χ0) is 15.9. The molecule has 0 fully saturated rings. The van der Waals surface area contributed by atoms with E-state index in [4.69, 9.17) is 21.4 Å². The third kappa shape index (κ3) is 4.97. The number of halogens is 1. The van der Waals surface area contributed by atoms with Crippen LogP contribution in [0.4, 0.5) is 5.69 Å². The Bertz CT molecular complexity index is 628. The largest absolute Gasteiger partial charge is 0.493 e. The minimum atomic E-state index is -0.861. The molecule has 1 unspecified atom stereocenters. The Labute approximate surface area is 134 Å². The van der Waals surface area contributed by atoms with Crippen molar-refractivity contribution in [3.05, 3.63) is 59.1 Å². The number of benzene rings is 2. The van der Waals surface area contributed by atoms with Gasteiger partial charge >= 0.3 is 5.97 Å². The van der Waals surface area contributed by atoms with Crippen molar-refractivity contribution in [2.24, 2.45) is 5.92 Å². The first kappa shape index (κ1) is 16.2. The van der Waals surface area contributed by atoms with Gasteiger partial charge in [-0.2, -0.15) is 0 Å². The van der Waals surface area contributed by atoms with Crippen LogP contribution in [0.5, 0.6) is 5.75 Å². The predicted molar refractivity (Wildman–Crippen MR) is 87.5 cm³/mol. The number of rotatable bonds is 7. The monoisotopic (exact) mass is 319 g/mol. The van der Waals surface area contributed by atoms with Crippen LogP contribution in [-0.2, 0) is 11.3 Å². The van der Waals surface area contributed by atoms with Crippen molar-refractivity contribution in [3.63, 3.8) is 0 Å². The van der Waals surface area contributed by atoms with Crippen molar-refractivity contribution in [1.82, 2.24) is 0 Å². The average Bonchev–Trinajstić information content (AvgIpc) is 2.51. The smallest absolute Gasteiger partial charge is 0.309 e. The van der Waals surface area contributed by atoms with E-state index in [1.165, 1.54) is 0 Å². The second-order valence-electron chi connectivity index (χ2n) is 5.06. The number of carboxylic acid groups (broad SMARTS) is 1. The van der Waals surface area contributed by atoms with Crippen LogP contribution in [0, 0.1) is 5.92 Å². The molecule has 0 heterocycles. The Morgan fingerprint density at radius 3 is 2.64 bits per heavy atom. The fourth-order valence-electron chi connectivity index (χ4n) is 1.81. The van der Waals surface area contributed by atoms with E-state index in [1.54, 1.807) is 6.92 Å². The second-order valence-corrected chi connectivity index (χ2v) is 5.49. The molecule has 4 nitrogen and oxygen atoms in total. The van der Waals surface area contributed by atoms with E-state index < -0.39 is 11.9 Å². The van der Waals surface area contributed by atoms with E-state index in [0.29, 0.717) is 12.3 Å². The molecule has 5 heteroatoms. The number of nitrogens with one attached hydrogen (secondary N) is 1. The Kier molecular flexibility index (Phi) is 5.67. The molecule has 116 valence electrons. The van der Waals surface area contributed by atoms with Crippen LogP contribution in [0.2, 0.25) is 5.02 Å². The van der Waals surface area contributed by atoms with E-state index in [-0.39, 0.29) is 6.61 Å². The highest BCUT2D eigenvalue weighted by Gasteiger charge is 2.11. The number of aliphatic carboxylic acids is 1. The van der Waals surface area contributed by atoms with E-state index in [2.05, 4.69) is 5.32 Å². The Morgan fingerprint density at radius 1 is 1.27 bits per heavy atom. The van der Waals surface area contributed by atoms with Crippen LogP contribution in [0.3, 0.4) is 0 Å². The zero-order valence-corrected chi connectivity index (χ0v) is 13.0. The van der Waals surface area contributed by atoms with Crippen molar-refractivity contribution < 1.29 is 14.6 Å². The summed E-state index contributed by atoms with van der Waals surface area (Å²) in [6.45, 7) is 2.45.